The predicted octanol–water partition coefficient (Wildman–Crippen LogP) is 3.86. The van der Waals surface area contributed by atoms with Crippen molar-refractivity contribution < 1.29 is 9.59 Å². The van der Waals surface area contributed by atoms with E-state index in [1.165, 1.54) is 28.7 Å². The summed E-state index contributed by atoms with van der Waals surface area (Å²) in [6, 6.07) is 5.56. The highest BCUT2D eigenvalue weighted by molar-refractivity contribution is 8.01. The fourth-order valence-electron chi connectivity index (χ4n) is 2.13. The minimum Gasteiger partial charge on any atom is -0.338 e. The lowest BCUT2D eigenvalue weighted by atomic mass is 10.1. The molecule has 0 atom stereocenters. The van der Waals surface area contributed by atoms with Crippen molar-refractivity contribution in [3.8, 4) is 0 Å². The Balaban J connectivity index is 1.78. The molecule has 1 heterocycles. The molecule has 0 aliphatic carbocycles. The number of carbonyl (C=O) groups excluding carboxylic acids is 2. The van der Waals surface area contributed by atoms with Crippen molar-refractivity contribution in [1.82, 2.24) is 20.8 Å². The molecule has 7 nitrogen and oxygen atoms in total. The predicted molar refractivity (Wildman–Crippen MR) is 111 cm³/mol. The summed E-state index contributed by atoms with van der Waals surface area (Å²) in [5.41, 5.74) is 3.34. The molecule has 1 aromatic heterocycles. The highest BCUT2D eigenvalue weighted by Gasteiger charge is 2.11. The van der Waals surface area contributed by atoms with E-state index in [1.54, 1.807) is 0 Å². The van der Waals surface area contributed by atoms with Crippen molar-refractivity contribution in [1.29, 1.82) is 0 Å². The smallest absolute Gasteiger partial charge is 0.321 e. The fourth-order valence-corrected chi connectivity index (χ4v) is 3.69. The van der Waals surface area contributed by atoms with Gasteiger partial charge < -0.3 is 10.6 Å². The Morgan fingerprint density at radius 1 is 1.22 bits per heavy atom. The second-order valence-electron chi connectivity index (χ2n) is 6.52. The highest BCUT2D eigenvalue weighted by atomic mass is 32.2. The van der Waals surface area contributed by atoms with Crippen LogP contribution in [0.15, 0.2) is 22.5 Å². The van der Waals surface area contributed by atoms with Gasteiger partial charge in [-0.25, -0.2) is 4.79 Å². The summed E-state index contributed by atoms with van der Waals surface area (Å²) in [6.07, 6.45) is 0.872. The van der Waals surface area contributed by atoms with Gasteiger partial charge in [-0.2, -0.15) is 0 Å². The van der Waals surface area contributed by atoms with Crippen molar-refractivity contribution in [2.75, 3.05) is 17.6 Å². The summed E-state index contributed by atoms with van der Waals surface area (Å²) in [7, 11) is 0. The Labute approximate surface area is 167 Å². The van der Waals surface area contributed by atoms with Crippen molar-refractivity contribution in [3.63, 3.8) is 0 Å². The zero-order valence-corrected chi connectivity index (χ0v) is 17.6. The lowest BCUT2D eigenvalue weighted by molar-refractivity contribution is -0.117. The number of carbonyl (C=O) groups is 2. The van der Waals surface area contributed by atoms with Gasteiger partial charge in [-0.1, -0.05) is 49.1 Å². The number of anilines is 2. The summed E-state index contributed by atoms with van der Waals surface area (Å²) in [5.74, 6) is 0.247. The van der Waals surface area contributed by atoms with Gasteiger partial charge in [0.2, 0.25) is 11.0 Å². The molecule has 0 fully saturated rings. The van der Waals surface area contributed by atoms with Gasteiger partial charge in [0.15, 0.2) is 4.34 Å². The van der Waals surface area contributed by atoms with E-state index >= 15 is 0 Å². The third-order valence-corrected chi connectivity index (χ3v) is 5.81. The van der Waals surface area contributed by atoms with Crippen molar-refractivity contribution in [2.45, 2.75) is 38.5 Å². The van der Waals surface area contributed by atoms with Gasteiger partial charge in [0, 0.05) is 12.2 Å². The molecular weight excluding hydrogens is 382 g/mol. The van der Waals surface area contributed by atoms with Gasteiger partial charge in [0.05, 0.1) is 5.75 Å². The van der Waals surface area contributed by atoms with Crippen LogP contribution in [0.2, 0.25) is 0 Å². The molecule has 0 aliphatic heterocycles. The first-order valence-corrected chi connectivity index (χ1v) is 10.5. The number of nitrogens with zero attached hydrogens (tertiary/aromatic N) is 2. The van der Waals surface area contributed by atoms with Gasteiger partial charge in [-0.3, -0.25) is 10.1 Å². The van der Waals surface area contributed by atoms with E-state index < -0.39 is 6.03 Å². The normalized spacial score (nSPS) is 10.7. The molecule has 146 valence electrons. The Morgan fingerprint density at radius 2 is 2.00 bits per heavy atom. The lowest BCUT2D eigenvalue weighted by Crippen LogP contribution is -2.40. The highest BCUT2D eigenvalue weighted by Crippen LogP contribution is 2.29. The zero-order chi connectivity index (χ0) is 19.8. The summed E-state index contributed by atoms with van der Waals surface area (Å²) in [5, 5.41) is 17.1. The quantitative estimate of drug-likeness (QED) is 0.575. The number of amides is 3. The first-order chi connectivity index (χ1) is 12.8. The minimum atomic E-state index is -0.462. The number of hydrogen-bond donors (Lipinski definition) is 3. The monoisotopic (exact) mass is 407 g/mol. The molecule has 2 aromatic rings. The van der Waals surface area contributed by atoms with Gasteiger partial charge in [-0.15, -0.1) is 10.2 Å². The molecule has 1 aromatic carbocycles. The van der Waals surface area contributed by atoms with E-state index in [0.29, 0.717) is 21.9 Å². The maximum atomic E-state index is 11.9. The van der Waals surface area contributed by atoms with Crippen LogP contribution in [0.4, 0.5) is 15.6 Å². The van der Waals surface area contributed by atoms with Crippen molar-refractivity contribution in [2.24, 2.45) is 5.92 Å². The molecular formula is C18H25N5O2S2. The molecule has 27 heavy (non-hydrogen) atoms. The summed E-state index contributed by atoms with van der Waals surface area (Å²) in [4.78, 5) is 23.5. The van der Waals surface area contributed by atoms with E-state index in [9.17, 15) is 9.59 Å². The third kappa shape index (κ3) is 7.18. The molecule has 3 amide bonds. The summed E-state index contributed by atoms with van der Waals surface area (Å²) < 4.78 is 0.665. The Morgan fingerprint density at radius 3 is 2.74 bits per heavy atom. The van der Waals surface area contributed by atoms with Crippen LogP contribution in [0, 0.1) is 19.8 Å². The van der Waals surface area contributed by atoms with Crippen LogP contribution >= 0.6 is 23.1 Å². The second kappa shape index (κ2) is 10.3. The van der Waals surface area contributed by atoms with E-state index in [0.717, 1.165) is 17.7 Å². The number of aryl methyl sites for hydroxylation is 1. The van der Waals surface area contributed by atoms with Crippen LogP contribution in [-0.2, 0) is 4.79 Å². The van der Waals surface area contributed by atoms with E-state index in [2.05, 4.69) is 53.0 Å². The number of nitrogens with one attached hydrogen (secondary N) is 3. The molecule has 0 spiro atoms. The average molecular weight is 408 g/mol. The number of rotatable bonds is 8. The largest absolute Gasteiger partial charge is 0.338 e. The number of imide groups is 1. The minimum absolute atomic E-state index is 0.107. The molecule has 2 rings (SSSR count). The van der Waals surface area contributed by atoms with Crippen LogP contribution in [0.3, 0.4) is 0 Å². The van der Waals surface area contributed by atoms with Crippen LogP contribution in [-0.4, -0.2) is 34.4 Å². The van der Waals surface area contributed by atoms with Gasteiger partial charge in [0.1, 0.15) is 0 Å². The average Bonchev–Trinajstić information content (AvgIpc) is 3.04. The fraction of sp³-hybridized carbons (Fsp3) is 0.444. The van der Waals surface area contributed by atoms with Crippen LogP contribution in [0.1, 0.15) is 31.4 Å². The second-order valence-corrected chi connectivity index (χ2v) is 8.72. The summed E-state index contributed by atoms with van der Waals surface area (Å²) in [6.45, 7) is 8.80. The first-order valence-electron chi connectivity index (χ1n) is 8.72. The first kappa shape index (κ1) is 21.2. The zero-order valence-electron chi connectivity index (χ0n) is 16.0. The lowest BCUT2D eigenvalue weighted by Gasteiger charge is -2.08. The number of thioether (sulfide) groups is 1. The maximum Gasteiger partial charge on any atom is 0.321 e. The molecule has 0 radical (unpaired) electrons. The van der Waals surface area contributed by atoms with E-state index in [4.69, 9.17) is 0 Å². The molecule has 0 unspecified atom stereocenters. The van der Waals surface area contributed by atoms with Crippen LogP contribution in [0.5, 0.6) is 0 Å². The number of hydrogen-bond acceptors (Lipinski definition) is 7. The molecule has 9 heteroatoms. The van der Waals surface area contributed by atoms with Crippen LogP contribution < -0.4 is 16.0 Å². The van der Waals surface area contributed by atoms with E-state index in [1.807, 2.05) is 19.1 Å². The van der Waals surface area contributed by atoms with E-state index in [-0.39, 0.29) is 11.7 Å². The number of benzene rings is 1. The van der Waals surface area contributed by atoms with Crippen molar-refractivity contribution in [3.05, 3.63) is 29.3 Å². The Bertz CT molecular complexity index is 792. The topological polar surface area (TPSA) is 96.0 Å². The number of urea groups is 1. The maximum absolute atomic E-state index is 11.9. The number of aromatic nitrogens is 2. The standard InChI is InChI=1S/C18H25N5O2S2/c1-11(2)8-9-19-16(25)21-15(24)10-26-18-23-22-17(27-18)20-14-7-5-6-12(3)13(14)4/h5-7,11H,8-10H2,1-4H3,(H,20,22)(H2,19,21,24,25). The van der Waals surface area contributed by atoms with Gasteiger partial charge >= 0.3 is 6.03 Å². The molecule has 3 N–H and O–H groups in total. The molecule has 0 bridgehead atoms. The molecule has 0 aliphatic rings. The SMILES string of the molecule is Cc1cccc(Nc2nnc(SCC(=O)NC(=O)NCCC(C)C)s2)c1C. The van der Waals surface area contributed by atoms with Gasteiger partial charge in [0.25, 0.3) is 0 Å². The Kier molecular flexibility index (Phi) is 8.05. The molecule has 0 saturated carbocycles. The van der Waals surface area contributed by atoms with Crippen molar-refractivity contribution >= 4 is 45.9 Å². The van der Waals surface area contributed by atoms with Crippen LogP contribution in [0.25, 0.3) is 0 Å². The molecule has 0 saturated heterocycles. The third-order valence-electron chi connectivity index (χ3n) is 3.84. The Hall–Kier alpha value is -2.13. The van der Waals surface area contributed by atoms with Gasteiger partial charge in [-0.05, 0) is 43.4 Å². The summed E-state index contributed by atoms with van der Waals surface area (Å²) >= 11 is 2.62.